The van der Waals surface area contributed by atoms with E-state index in [9.17, 15) is 4.79 Å². The maximum absolute atomic E-state index is 11.4. The maximum atomic E-state index is 11.4. The third-order valence-corrected chi connectivity index (χ3v) is 2.25. The Bertz CT molecular complexity index is 321. The quantitative estimate of drug-likeness (QED) is 0.721. The summed E-state index contributed by atoms with van der Waals surface area (Å²) in [7, 11) is 1.93. The molecule has 5 heteroatoms. The van der Waals surface area contributed by atoms with Crippen molar-refractivity contribution in [3.05, 3.63) is 18.2 Å². The van der Waals surface area contributed by atoms with Crippen molar-refractivity contribution in [3.8, 4) is 0 Å². The minimum absolute atomic E-state index is 0.0275. The van der Waals surface area contributed by atoms with Gasteiger partial charge in [-0.3, -0.25) is 4.79 Å². The number of nitrogens with one attached hydrogen (secondary N) is 2. The van der Waals surface area contributed by atoms with E-state index in [0.29, 0.717) is 13.1 Å². The average molecular weight is 210 g/mol. The second kappa shape index (κ2) is 5.50. The highest BCUT2D eigenvalue weighted by Gasteiger charge is 2.10. The molecule has 1 aromatic heterocycles. The van der Waals surface area contributed by atoms with E-state index in [1.807, 2.05) is 25.5 Å². The number of amides is 1. The van der Waals surface area contributed by atoms with E-state index in [1.54, 1.807) is 12.5 Å². The summed E-state index contributed by atoms with van der Waals surface area (Å²) in [6, 6.07) is -0.181. The van der Waals surface area contributed by atoms with E-state index >= 15 is 0 Å². The van der Waals surface area contributed by atoms with Crippen molar-refractivity contribution >= 4 is 5.91 Å². The fourth-order valence-corrected chi connectivity index (χ4v) is 1.23. The van der Waals surface area contributed by atoms with Crippen molar-refractivity contribution in [2.75, 3.05) is 6.54 Å². The molecule has 0 fully saturated rings. The minimum Gasteiger partial charge on any atom is -0.355 e. The van der Waals surface area contributed by atoms with E-state index in [-0.39, 0.29) is 11.9 Å². The molecule has 1 rings (SSSR count). The number of carbonyl (C=O) groups excluding carboxylic acids is 1. The Balaban J connectivity index is 2.37. The Hall–Kier alpha value is -1.36. The molecule has 0 aliphatic rings. The molecule has 0 aliphatic carbocycles. The molecular formula is C10H18N4O. The SMILES string of the molecule is CCNC(=O)C(C)NCc1cncn1C. The molecule has 0 aromatic carbocycles. The predicted octanol–water partition coefficient (Wildman–Crippen LogP) is 0.0343. The number of aromatic nitrogens is 2. The number of carbonyl (C=O) groups is 1. The first-order valence-corrected chi connectivity index (χ1v) is 5.11. The zero-order valence-corrected chi connectivity index (χ0v) is 9.45. The van der Waals surface area contributed by atoms with Crippen LogP contribution in [-0.4, -0.2) is 28.0 Å². The van der Waals surface area contributed by atoms with E-state index in [0.717, 1.165) is 5.69 Å². The van der Waals surface area contributed by atoms with Crippen LogP contribution in [-0.2, 0) is 18.4 Å². The molecule has 1 amide bonds. The molecule has 0 saturated heterocycles. The van der Waals surface area contributed by atoms with Crippen molar-refractivity contribution in [2.45, 2.75) is 26.4 Å². The zero-order valence-electron chi connectivity index (χ0n) is 9.45. The zero-order chi connectivity index (χ0) is 11.3. The Labute approximate surface area is 89.9 Å². The Kier molecular flexibility index (Phi) is 4.30. The highest BCUT2D eigenvalue weighted by Crippen LogP contribution is 1.96. The highest BCUT2D eigenvalue weighted by molar-refractivity contribution is 5.81. The number of aryl methyl sites for hydroxylation is 1. The van der Waals surface area contributed by atoms with Gasteiger partial charge in [0.25, 0.3) is 0 Å². The highest BCUT2D eigenvalue weighted by atomic mass is 16.2. The van der Waals surface area contributed by atoms with Gasteiger partial charge in [-0.15, -0.1) is 0 Å². The maximum Gasteiger partial charge on any atom is 0.236 e. The van der Waals surface area contributed by atoms with Gasteiger partial charge in [-0.25, -0.2) is 4.98 Å². The van der Waals surface area contributed by atoms with Gasteiger partial charge in [-0.1, -0.05) is 0 Å². The summed E-state index contributed by atoms with van der Waals surface area (Å²) in [5.74, 6) is 0.0275. The molecule has 2 N–H and O–H groups in total. The van der Waals surface area contributed by atoms with E-state index in [4.69, 9.17) is 0 Å². The third kappa shape index (κ3) is 3.36. The normalized spacial score (nSPS) is 12.5. The molecule has 0 aliphatic heterocycles. The molecule has 0 radical (unpaired) electrons. The average Bonchev–Trinajstić information content (AvgIpc) is 2.61. The van der Waals surface area contributed by atoms with Gasteiger partial charge >= 0.3 is 0 Å². The van der Waals surface area contributed by atoms with Crippen LogP contribution < -0.4 is 10.6 Å². The van der Waals surface area contributed by atoms with Gasteiger partial charge in [0, 0.05) is 26.3 Å². The summed E-state index contributed by atoms with van der Waals surface area (Å²) in [4.78, 5) is 15.4. The summed E-state index contributed by atoms with van der Waals surface area (Å²) in [6.07, 6.45) is 3.53. The van der Waals surface area contributed by atoms with Crippen LogP contribution in [0.4, 0.5) is 0 Å². The molecule has 1 unspecified atom stereocenters. The van der Waals surface area contributed by atoms with Crippen LogP contribution in [0.1, 0.15) is 19.5 Å². The number of imidazole rings is 1. The molecule has 0 spiro atoms. The molecular weight excluding hydrogens is 192 g/mol. The third-order valence-electron chi connectivity index (χ3n) is 2.25. The van der Waals surface area contributed by atoms with Crippen LogP contribution in [0.15, 0.2) is 12.5 Å². The van der Waals surface area contributed by atoms with Crippen molar-refractivity contribution in [1.29, 1.82) is 0 Å². The second-order valence-corrected chi connectivity index (χ2v) is 3.49. The molecule has 1 heterocycles. The summed E-state index contributed by atoms with van der Waals surface area (Å²) in [5.41, 5.74) is 1.06. The summed E-state index contributed by atoms with van der Waals surface area (Å²) in [6.45, 7) is 5.07. The van der Waals surface area contributed by atoms with Gasteiger partial charge in [0.15, 0.2) is 0 Å². The lowest BCUT2D eigenvalue weighted by atomic mass is 10.3. The van der Waals surface area contributed by atoms with Gasteiger partial charge in [-0.2, -0.15) is 0 Å². The van der Waals surface area contributed by atoms with Gasteiger partial charge in [0.2, 0.25) is 5.91 Å². The van der Waals surface area contributed by atoms with Crippen LogP contribution in [0, 0.1) is 0 Å². The first-order chi connectivity index (χ1) is 7.15. The van der Waals surface area contributed by atoms with Gasteiger partial charge in [-0.05, 0) is 13.8 Å². The van der Waals surface area contributed by atoms with Crippen LogP contribution in [0.3, 0.4) is 0 Å². The van der Waals surface area contributed by atoms with Gasteiger partial charge in [0.1, 0.15) is 0 Å². The van der Waals surface area contributed by atoms with Crippen LogP contribution >= 0.6 is 0 Å². The number of likely N-dealkylation sites (N-methyl/N-ethyl adjacent to an activating group) is 1. The summed E-state index contributed by atoms with van der Waals surface area (Å²) >= 11 is 0. The lowest BCUT2D eigenvalue weighted by Crippen LogP contribution is -2.41. The van der Waals surface area contributed by atoms with E-state index < -0.39 is 0 Å². The fraction of sp³-hybridized carbons (Fsp3) is 0.600. The van der Waals surface area contributed by atoms with Crippen molar-refractivity contribution in [3.63, 3.8) is 0 Å². The smallest absolute Gasteiger partial charge is 0.236 e. The first kappa shape index (κ1) is 11.7. The molecule has 0 saturated carbocycles. The van der Waals surface area contributed by atoms with Crippen LogP contribution in [0.2, 0.25) is 0 Å². The Morgan fingerprint density at radius 3 is 2.93 bits per heavy atom. The van der Waals surface area contributed by atoms with Crippen LogP contribution in [0.5, 0.6) is 0 Å². The molecule has 5 nitrogen and oxygen atoms in total. The number of rotatable bonds is 5. The summed E-state index contributed by atoms with van der Waals surface area (Å²) in [5, 5.41) is 5.90. The second-order valence-electron chi connectivity index (χ2n) is 3.49. The molecule has 0 bridgehead atoms. The van der Waals surface area contributed by atoms with Crippen molar-refractivity contribution < 1.29 is 4.79 Å². The standard InChI is InChI=1S/C10H18N4O/c1-4-12-10(15)8(2)13-6-9-5-11-7-14(9)3/h5,7-8,13H,4,6H2,1-3H3,(H,12,15). The number of hydrogen-bond acceptors (Lipinski definition) is 3. The molecule has 15 heavy (non-hydrogen) atoms. The lowest BCUT2D eigenvalue weighted by molar-refractivity contribution is -0.122. The number of hydrogen-bond donors (Lipinski definition) is 2. The van der Waals surface area contributed by atoms with Crippen molar-refractivity contribution in [1.82, 2.24) is 20.2 Å². The molecule has 1 atom stereocenters. The van der Waals surface area contributed by atoms with Crippen molar-refractivity contribution in [2.24, 2.45) is 7.05 Å². The Morgan fingerprint density at radius 1 is 1.67 bits per heavy atom. The summed E-state index contributed by atoms with van der Waals surface area (Å²) < 4.78 is 1.93. The fourth-order valence-electron chi connectivity index (χ4n) is 1.23. The monoisotopic (exact) mass is 210 g/mol. The lowest BCUT2D eigenvalue weighted by Gasteiger charge is -2.13. The first-order valence-electron chi connectivity index (χ1n) is 5.11. The molecule has 1 aromatic rings. The van der Waals surface area contributed by atoms with Crippen LogP contribution in [0.25, 0.3) is 0 Å². The minimum atomic E-state index is -0.181. The number of nitrogens with zero attached hydrogens (tertiary/aromatic N) is 2. The molecule has 84 valence electrons. The van der Waals surface area contributed by atoms with Gasteiger partial charge in [0.05, 0.1) is 18.1 Å². The van der Waals surface area contributed by atoms with E-state index in [1.165, 1.54) is 0 Å². The van der Waals surface area contributed by atoms with E-state index in [2.05, 4.69) is 15.6 Å². The van der Waals surface area contributed by atoms with Gasteiger partial charge < -0.3 is 15.2 Å². The predicted molar refractivity (Wildman–Crippen MR) is 58.2 cm³/mol. The largest absolute Gasteiger partial charge is 0.355 e. The topological polar surface area (TPSA) is 59.0 Å². The Morgan fingerprint density at radius 2 is 2.40 bits per heavy atom.